The van der Waals surface area contributed by atoms with Crippen molar-refractivity contribution in [2.45, 2.75) is 6.85 Å². The average molecular weight is 369 g/mol. The molecule has 5 rings (SSSR count). The predicted molar refractivity (Wildman–Crippen MR) is 113 cm³/mol. The smallest absolute Gasteiger partial charge is 0.399 e. The predicted octanol–water partition coefficient (Wildman–Crippen LogP) is 1.53. The molecule has 0 fully saturated rings. The molecule has 1 aliphatic rings. The van der Waals surface area contributed by atoms with E-state index in [9.17, 15) is 0 Å². The Morgan fingerprint density at radius 2 is 2.04 bits per heavy atom. The van der Waals surface area contributed by atoms with E-state index in [2.05, 4.69) is 22.0 Å². The maximum atomic E-state index is 8.05. The van der Waals surface area contributed by atoms with Gasteiger partial charge in [-0.3, -0.25) is 0 Å². The Balaban J connectivity index is 1.72. The van der Waals surface area contributed by atoms with Crippen molar-refractivity contribution >= 4 is 35.7 Å². The largest absolute Gasteiger partial charge is 0.439 e. The minimum atomic E-state index is -2.21. The zero-order chi connectivity index (χ0) is 21.8. The molecule has 136 valence electrons. The molecule has 4 aromatic rings. The highest BCUT2D eigenvalue weighted by atomic mass is 16.3. The van der Waals surface area contributed by atoms with Crippen molar-refractivity contribution in [3.63, 3.8) is 0 Å². The molecule has 1 aromatic carbocycles. The van der Waals surface area contributed by atoms with E-state index < -0.39 is 6.85 Å². The first-order valence-corrected chi connectivity index (χ1v) is 9.21. The van der Waals surface area contributed by atoms with Gasteiger partial charge < -0.3 is 9.23 Å². The molecular weight excluding hydrogens is 345 g/mol. The lowest BCUT2D eigenvalue weighted by atomic mass is 9.55. The van der Waals surface area contributed by atoms with Crippen molar-refractivity contribution in [1.29, 1.82) is 0 Å². The highest BCUT2D eigenvalue weighted by Gasteiger charge is 2.31. The van der Waals surface area contributed by atoms with Crippen LogP contribution in [0.3, 0.4) is 0 Å². The van der Waals surface area contributed by atoms with Gasteiger partial charge in [0.1, 0.15) is 12.5 Å². The monoisotopic (exact) mass is 369 g/mol. The zero-order valence-electron chi connectivity index (χ0n) is 18.8. The van der Waals surface area contributed by atoms with Crippen LogP contribution in [-0.2, 0) is 7.05 Å². The molecule has 5 heteroatoms. The Morgan fingerprint density at radius 1 is 1.18 bits per heavy atom. The van der Waals surface area contributed by atoms with Gasteiger partial charge in [0.15, 0.2) is 11.8 Å². The molecule has 1 aliphatic heterocycles. The van der Waals surface area contributed by atoms with Crippen LogP contribution in [0.1, 0.15) is 9.68 Å². The maximum Gasteiger partial charge on any atom is 0.399 e. The van der Waals surface area contributed by atoms with Crippen LogP contribution in [0, 0.1) is 6.85 Å². The van der Waals surface area contributed by atoms with Crippen LogP contribution in [0.15, 0.2) is 65.3 Å². The molecule has 0 radical (unpaired) electrons. The molecule has 4 heterocycles. The number of furan rings is 1. The number of hydrogen-bond acceptors (Lipinski definition) is 3. The molecule has 0 N–H and O–H groups in total. The average Bonchev–Trinajstić information content (AvgIpc) is 3.10. The van der Waals surface area contributed by atoms with Crippen LogP contribution < -0.4 is 20.8 Å². The normalized spacial score (nSPS) is 15.3. The van der Waals surface area contributed by atoms with Crippen LogP contribution in [0.5, 0.6) is 0 Å². The van der Waals surface area contributed by atoms with E-state index in [0.717, 1.165) is 27.2 Å². The van der Waals surface area contributed by atoms with Gasteiger partial charge in [0, 0.05) is 32.5 Å². The Hall–Kier alpha value is -3.34. The quantitative estimate of drug-likeness (QED) is 0.397. The SMILES string of the molecule is [2H]C([2H])([2H])c1c[n+](C)c(B2C=c3oc4ncccc4c3=CN2C)cc1-c1ccccc1. The summed E-state index contributed by atoms with van der Waals surface area (Å²) < 4.78 is 32.0. The first kappa shape index (κ1) is 13.8. The van der Waals surface area contributed by atoms with E-state index in [1.807, 2.05) is 67.2 Å². The summed E-state index contributed by atoms with van der Waals surface area (Å²) in [5.41, 5.74) is 4.28. The number of pyridine rings is 2. The Bertz CT molecular complexity index is 1410. The lowest BCUT2D eigenvalue weighted by Gasteiger charge is -2.21. The summed E-state index contributed by atoms with van der Waals surface area (Å²) in [7, 11) is 3.90. The van der Waals surface area contributed by atoms with Crippen molar-refractivity contribution in [2.75, 3.05) is 7.05 Å². The standard InChI is InChI=1S/C23H21BN3O/c1-16-14-26(2)22(12-19(16)17-8-5-4-6-9-17)24-13-21-20(15-27(24)3)18-10-7-11-25-23(18)28-21/h4-15H,1-3H3/q+1/i1D3. The second-order valence-corrected chi connectivity index (χ2v) is 7.14. The van der Waals surface area contributed by atoms with Gasteiger partial charge in [0.25, 0.3) is 0 Å². The maximum absolute atomic E-state index is 8.05. The van der Waals surface area contributed by atoms with Crippen LogP contribution in [0.2, 0.25) is 0 Å². The summed E-state index contributed by atoms with van der Waals surface area (Å²) >= 11 is 0. The Labute approximate surface area is 168 Å². The van der Waals surface area contributed by atoms with Gasteiger partial charge in [-0.2, -0.15) is 0 Å². The Kier molecular flexibility index (Phi) is 3.14. The summed E-state index contributed by atoms with van der Waals surface area (Å²) in [6.07, 6.45) is 5.51. The molecule has 4 nitrogen and oxygen atoms in total. The van der Waals surface area contributed by atoms with Crippen molar-refractivity contribution in [3.8, 4) is 11.1 Å². The van der Waals surface area contributed by atoms with Gasteiger partial charge >= 0.3 is 6.85 Å². The lowest BCUT2D eigenvalue weighted by molar-refractivity contribution is -0.654. The number of fused-ring (bicyclic) bond motifs is 3. The van der Waals surface area contributed by atoms with E-state index in [0.29, 0.717) is 16.8 Å². The third kappa shape index (κ3) is 2.62. The van der Waals surface area contributed by atoms with Gasteiger partial charge in [-0.1, -0.05) is 30.3 Å². The Morgan fingerprint density at radius 3 is 2.86 bits per heavy atom. The fraction of sp³-hybridized carbons (Fsp3) is 0.130. The highest BCUT2D eigenvalue weighted by molar-refractivity contribution is 6.82. The molecule has 0 aliphatic carbocycles. The number of hydrogen-bond donors (Lipinski definition) is 0. The summed E-state index contributed by atoms with van der Waals surface area (Å²) in [6, 6.07) is 15.5. The molecule has 0 saturated heterocycles. The van der Waals surface area contributed by atoms with Crippen molar-refractivity contribution in [1.82, 2.24) is 9.79 Å². The van der Waals surface area contributed by atoms with Gasteiger partial charge in [-0.15, -0.1) is 0 Å². The summed E-state index contributed by atoms with van der Waals surface area (Å²) in [5, 5.41) is 1.98. The zero-order valence-corrected chi connectivity index (χ0v) is 15.8. The molecular formula is C23H21BN3O+. The van der Waals surface area contributed by atoms with E-state index in [-0.39, 0.29) is 6.85 Å². The first-order valence-electron chi connectivity index (χ1n) is 10.7. The molecule has 0 bridgehead atoms. The third-order valence-electron chi connectivity index (χ3n) is 5.31. The van der Waals surface area contributed by atoms with Gasteiger partial charge in [-0.05, 0) is 49.3 Å². The number of rotatable bonds is 2. The molecule has 0 amide bonds. The molecule has 0 atom stereocenters. The number of nitrogens with zero attached hydrogens (tertiary/aromatic N) is 3. The van der Waals surface area contributed by atoms with E-state index in [1.165, 1.54) is 0 Å². The van der Waals surface area contributed by atoms with Crippen LogP contribution in [0.25, 0.3) is 34.4 Å². The fourth-order valence-corrected chi connectivity index (χ4v) is 3.88. The minimum absolute atomic E-state index is 0.119. The van der Waals surface area contributed by atoms with Crippen molar-refractivity contribution < 1.29 is 13.1 Å². The second-order valence-electron chi connectivity index (χ2n) is 7.14. The molecule has 3 aromatic heterocycles. The highest BCUT2D eigenvalue weighted by Crippen LogP contribution is 2.21. The molecule has 0 unspecified atom stereocenters. The number of aromatic nitrogens is 2. The molecule has 28 heavy (non-hydrogen) atoms. The lowest BCUT2D eigenvalue weighted by Crippen LogP contribution is -2.61. The second kappa shape index (κ2) is 6.38. The van der Waals surface area contributed by atoms with Crippen LogP contribution in [-0.4, -0.2) is 23.7 Å². The fourth-order valence-electron chi connectivity index (χ4n) is 3.88. The van der Waals surface area contributed by atoms with E-state index in [4.69, 9.17) is 8.53 Å². The van der Waals surface area contributed by atoms with Gasteiger partial charge in [0.2, 0.25) is 5.71 Å². The van der Waals surface area contributed by atoms with E-state index >= 15 is 0 Å². The topological polar surface area (TPSA) is 33.1 Å². The van der Waals surface area contributed by atoms with Crippen molar-refractivity contribution in [3.05, 3.63) is 77.1 Å². The van der Waals surface area contributed by atoms with Gasteiger partial charge in [0.05, 0.1) is 0 Å². The van der Waals surface area contributed by atoms with Crippen LogP contribution in [0.4, 0.5) is 0 Å². The first-order chi connectivity index (χ1) is 14.8. The minimum Gasteiger partial charge on any atom is -0.439 e. The molecule has 0 saturated carbocycles. The summed E-state index contributed by atoms with van der Waals surface area (Å²) in [5.74, 6) is 2.07. The van der Waals surface area contributed by atoms with E-state index in [1.54, 1.807) is 12.4 Å². The van der Waals surface area contributed by atoms with Gasteiger partial charge in [-0.25, -0.2) is 9.55 Å². The van der Waals surface area contributed by atoms with Crippen LogP contribution >= 0.6 is 0 Å². The summed E-state index contributed by atoms with van der Waals surface area (Å²) in [4.78, 5) is 6.44. The number of aryl methyl sites for hydroxylation is 2. The van der Waals surface area contributed by atoms with Crippen molar-refractivity contribution in [2.24, 2.45) is 7.05 Å². The third-order valence-corrected chi connectivity index (χ3v) is 5.31. The molecule has 0 spiro atoms. The number of benzene rings is 1. The summed E-state index contributed by atoms with van der Waals surface area (Å²) in [6.45, 7) is -2.33.